The number of ketones is 2. The van der Waals surface area contributed by atoms with Crippen molar-refractivity contribution in [2.75, 3.05) is 7.11 Å². The average molecular weight is 1550 g/mol. The molecule has 0 bridgehead atoms. The molecule has 2 aromatic carbocycles. The van der Waals surface area contributed by atoms with Gasteiger partial charge in [-0.3, -0.25) is 62.3 Å². The predicted octanol–water partition coefficient (Wildman–Crippen LogP) is 5.33. The van der Waals surface area contributed by atoms with Gasteiger partial charge in [-0.25, -0.2) is 0 Å². The number of Topliss-reactive ketones (excluding diaryl/α,β-unsaturated/α-hetero) is 2. The minimum Gasteiger partial charge on any atom is -0.464 e. The van der Waals surface area contributed by atoms with Gasteiger partial charge in [0.2, 0.25) is 12.1 Å². The maximum Gasteiger partial charge on any atom is 0.308 e. The number of hydrogen-bond acceptors (Lipinski definition) is 35. The van der Waals surface area contributed by atoms with E-state index in [9.17, 15) is 52.7 Å². The summed E-state index contributed by atoms with van der Waals surface area (Å²) in [6.07, 6.45) is -29.8. The highest BCUT2D eigenvalue weighted by atomic mass is 16.8. The first-order chi connectivity index (χ1) is 51.0. The lowest BCUT2D eigenvalue weighted by molar-refractivity contribution is -0.339. The summed E-state index contributed by atoms with van der Waals surface area (Å²) >= 11 is 0. The Morgan fingerprint density at radius 3 is 1.39 bits per heavy atom. The third-order valence-electron chi connectivity index (χ3n) is 18.9. The Hall–Kier alpha value is -8.39. The van der Waals surface area contributed by atoms with Crippen LogP contribution in [-0.4, -0.2) is 231 Å². The number of carbonyl (C=O) groups is 13. The molecule has 109 heavy (non-hydrogen) atoms. The van der Waals surface area contributed by atoms with E-state index in [1.165, 1.54) is 74.4 Å². The summed E-state index contributed by atoms with van der Waals surface area (Å²) in [6.45, 7) is 24.7. The van der Waals surface area contributed by atoms with Gasteiger partial charge in [0.25, 0.3) is 0 Å². The number of esters is 11. The van der Waals surface area contributed by atoms with Gasteiger partial charge >= 0.3 is 65.7 Å². The Balaban J connectivity index is 1.18. The van der Waals surface area contributed by atoms with Crippen LogP contribution in [0.4, 0.5) is 0 Å². The number of rotatable bonds is 26. The highest BCUT2D eigenvalue weighted by Gasteiger charge is 2.56. The Bertz CT molecular complexity index is 3760. The van der Waals surface area contributed by atoms with Crippen LogP contribution in [0.3, 0.4) is 0 Å². The largest absolute Gasteiger partial charge is 0.464 e. The minimum atomic E-state index is -1.91. The topological polar surface area (TPSA) is 425 Å². The molecule has 5 fully saturated rings. The van der Waals surface area contributed by atoms with Crippen molar-refractivity contribution in [1.29, 1.82) is 0 Å². The number of hydrogen-bond donors (Lipinski definition) is 0. The normalized spacial score (nSPS) is 32.5. The minimum absolute atomic E-state index is 0.0178. The molecule has 5 heterocycles. The van der Waals surface area contributed by atoms with Gasteiger partial charge in [0.15, 0.2) is 72.8 Å². The Morgan fingerprint density at radius 1 is 0.477 bits per heavy atom. The van der Waals surface area contributed by atoms with E-state index in [2.05, 4.69) is 0 Å². The summed E-state index contributed by atoms with van der Waals surface area (Å²) in [6, 6.07) is 2.96. The number of ether oxygens (including phenoxy) is 22. The van der Waals surface area contributed by atoms with E-state index < -0.39 is 249 Å². The lowest BCUT2D eigenvalue weighted by Gasteiger charge is -2.48. The number of carbonyl (C=O) groups excluding carboxylic acids is 13. The van der Waals surface area contributed by atoms with Gasteiger partial charge in [0.05, 0.1) is 41.5 Å². The molecule has 5 aliphatic heterocycles. The fourth-order valence-corrected chi connectivity index (χ4v) is 15.0. The Morgan fingerprint density at radius 2 is 0.917 bits per heavy atom. The quantitative estimate of drug-likeness (QED) is 0.0652. The highest BCUT2D eigenvalue weighted by Crippen LogP contribution is 2.50. The monoisotopic (exact) mass is 1550 g/mol. The first-order valence-corrected chi connectivity index (χ1v) is 35.8. The molecule has 0 saturated carbocycles. The van der Waals surface area contributed by atoms with Crippen LogP contribution in [0.1, 0.15) is 178 Å². The zero-order chi connectivity index (χ0) is 80.7. The summed E-state index contributed by atoms with van der Waals surface area (Å²) in [4.78, 5) is 171. The zero-order valence-electron chi connectivity index (χ0n) is 64.5. The van der Waals surface area contributed by atoms with Gasteiger partial charge in [-0.2, -0.15) is 0 Å². The van der Waals surface area contributed by atoms with E-state index in [1.807, 2.05) is 0 Å². The van der Waals surface area contributed by atoms with Crippen molar-refractivity contribution >= 4 is 88.0 Å². The van der Waals surface area contributed by atoms with Crippen LogP contribution in [0.25, 0.3) is 10.8 Å². The standard InChI is InChI=1S/C74H98O35/c1-29-50(104-55-26-53(66(31(3)90-55)99-41(13)80)105-56-24-51(95-37(9)76)65(30(2)91-56)98-40(12)79)23-48-21-47-22-49(70(88-20)63(87)69(101-43(15)82)34(6)89-36(8)75)71(62(86)60(47)72(102-44(16)83)61(48)64(29)97-39(11)78)107-58-27-54(67(32(4)93-58)100-42(14)81)106-57-25-52(96-38(10)77)68(33(5)92-57)108-59-28-74(19,109-46(18)85)73(35(7)94-59)103-45(17)84/h21,23,30-35,49,51-59,65-71,73H,22,24-28H2,1-20H3. The van der Waals surface area contributed by atoms with Crippen LogP contribution < -0.4 is 14.2 Å². The van der Waals surface area contributed by atoms with Crippen LogP contribution in [0, 0.1) is 12.8 Å². The summed E-state index contributed by atoms with van der Waals surface area (Å²) < 4.78 is 133. The number of fused-ring (bicyclic) bond motifs is 2. The lowest BCUT2D eigenvalue weighted by Crippen LogP contribution is -2.61. The van der Waals surface area contributed by atoms with Crippen molar-refractivity contribution in [1.82, 2.24) is 0 Å². The fourth-order valence-electron chi connectivity index (χ4n) is 15.0. The molecule has 1 aliphatic carbocycles. The molecular formula is C74H98O35. The Labute approximate surface area is 628 Å². The SMILES string of the molecule is COC(C(=O)C(OC(C)=O)C(C)OC(C)=O)C1Cc2cc3cc(OC4CC(OC5CC(OC(C)=O)C(OC(C)=O)C(C)O5)C(OC(C)=O)C(C)O4)c(C)c(OC(C)=O)c3c(OC(C)=O)c2C(=O)C1OC1CC(OC2CC(OC(C)=O)C(OC3CC(C)(OC(C)=O)C(OC(C)=O)C(C)O3)C(C)O2)C(OC(C)=O)C(C)O1. The van der Waals surface area contributed by atoms with Gasteiger partial charge in [0.1, 0.15) is 60.3 Å². The first kappa shape index (κ1) is 86.2. The van der Waals surface area contributed by atoms with E-state index in [1.54, 1.807) is 34.6 Å². The van der Waals surface area contributed by atoms with E-state index in [4.69, 9.17) is 104 Å². The van der Waals surface area contributed by atoms with Crippen molar-refractivity contribution in [3.63, 3.8) is 0 Å². The van der Waals surface area contributed by atoms with E-state index in [0.717, 1.165) is 41.7 Å². The van der Waals surface area contributed by atoms with Crippen molar-refractivity contribution in [3.05, 3.63) is 28.8 Å². The van der Waals surface area contributed by atoms with E-state index >= 15 is 9.59 Å². The van der Waals surface area contributed by atoms with Crippen molar-refractivity contribution in [3.8, 4) is 17.2 Å². The fraction of sp³-hybridized carbons (Fsp3) is 0.689. The number of benzene rings is 2. The van der Waals surface area contributed by atoms with E-state index in [0.29, 0.717) is 0 Å². The molecule has 25 unspecified atom stereocenters. The molecule has 604 valence electrons. The van der Waals surface area contributed by atoms with Crippen LogP contribution in [0.5, 0.6) is 17.2 Å². The van der Waals surface area contributed by atoms with Gasteiger partial charge < -0.3 is 104 Å². The van der Waals surface area contributed by atoms with Crippen molar-refractivity contribution < 1.29 is 167 Å². The lowest BCUT2D eigenvalue weighted by atomic mass is 9.74. The summed E-state index contributed by atoms with van der Waals surface area (Å²) in [5, 5.41) is -0.0216. The maximum atomic E-state index is 16.2. The second kappa shape index (κ2) is 36.6. The molecule has 6 aliphatic rings. The molecule has 0 radical (unpaired) electrons. The van der Waals surface area contributed by atoms with Crippen LogP contribution in [0.2, 0.25) is 0 Å². The van der Waals surface area contributed by atoms with Crippen LogP contribution in [-0.2, 0) is 154 Å². The second-order valence-electron chi connectivity index (χ2n) is 28.1. The average Bonchev–Trinajstić information content (AvgIpc) is 0.726. The number of methoxy groups -OCH3 is 1. The summed E-state index contributed by atoms with van der Waals surface area (Å²) in [5.74, 6) is -12.8. The van der Waals surface area contributed by atoms with Crippen LogP contribution in [0.15, 0.2) is 12.1 Å². The zero-order valence-corrected chi connectivity index (χ0v) is 64.5. The van der Waals surface area contributed by atoms with Gasteiger partial charge in [-0.1, -0.05) is 0 Å². The predicted molar refractivity (Wildman–Crippen MR) is 364 cm³/mol. The molecule has 0 aromatic heterocycles. The molecule has 8 rings (SSSR count). The van der Waals surface area contributed by atoms with Crippen molar-refractivity contribution in [2.45, 2.75) is 317 Å². The molecule has 35 nitrogen and oxygen atoms in total. The maximum absolute atomic E-state index is 16.2. The van der Waals surface area contributed by atoms with E-state index in [-0.39, 0.29) is 64.6 Å². The van der Waals surface area contributed by atoms with Gasteiger partial charge in [-0.15, -0.1) is 0 Å². The summed E-state index contributed by atoms with van der Waals surface area (Å²) in [7, 11) is 1.13. The molecule has 35 heteroatoms. The Kier molecular flexibility index (Phi) is 29.0. The molecular weight excluding hydrogens is 1450 g/mol. The molecule has 25 atom stereocenters. The second-order valence-corrected chi connectivity index (χ2v) is 28.1. The third kappa shape index (κ3) is 21.6. The molecule has 0 amide bonds. The highest BCUT2D eigenvalue weighted by molar-refractivity contribution is 6.12. The smallest absolute Gasteiger partial charge is 0.308 e. The molecule has 5 saturated heterocycles. The van der Waals surface area contributed by atoms with Crippen LogP contribution >= 0.6 is 0 Å². The van der Waals surface area contributed by atoms with Gasteiger partial charge in [0, 0.05) is 127 Å². The van der Waals surface area contributed by atoms with Crippen molar-refractivity contribution in [2.24, 2.45) is 5.92 Å². The summed E-state index contributed by atoms with van der Waals surface area (Å²) in [5.41, 5.74) is -1.63. The van der Waals surface area contributed by atoms with Gasteiger partial charge in [-0.05, 0) is 84.9 Å². The molecule has 2 aromatic rings. The third-order valence-corrected chi connectivity index (χ3v) is 18.9. The first-order valence-electron chi connectivity index (χ1n) is 35.8. The molecule has 0 spiro atoms. The molecule has 0 N–H and O–H groups in total.